The molecule has 30 heavy (non-hydrogen) atoms. The molecule has 5 heteroatoms. The molecule has 5 nitrogen and oxygen atoms in total. The minimum absolute atomic E-state index is 0.216. The molecule has 4 rings (SSSR count). The fourth-order valence-electron chi connectivity index (χ4n) is 4.10. The van der Waals surface area contributed by atoms with Crippen molar-refractivity contribution >= 4 is 17.4 Å². The van der Waals surface area contributed by atoms with Crippen molar-refractivity contribution in [3.05, 3.63) is 89.6 Å². The molecule has 0 unspecified atom stereocenters. The van der Waals surface area contributed by atoms with E-state index in [9.17, 15) is 9.59 Å². The maximum absolute atomic E-state index is 13.2. The Morgan fingerprint density at radius 3 is 2.20 bits per heavy atom. The van der Waals surface area contributed by atoms with Crippen LogP contribution >= 0.6 is 0 Å². The van der Waals surface area contributed by atoms with E-state index in [1.54, 1.807) is 6.08 Å². The summed E-state index contributed by atoms with van der Waals surface area (Å²) in [6, 6.07) is 18.2. The monoisotopic (exact) mass is 401 g/mol. The van der Waals surface area contributed by atoms with E-state index in [1.807, 2.05) is 37.3 Å². The van der Waals surface area contributed by atoms with Crippen LogP contribution in [0, 0.1) is 6.92 Å². The van der Waals surface area contributed by atoms with Crippen LogP contribution in [0.3, 0.4) is 0 Å². The molecule has 2 heterocycles. The van der Waals surface area contributed by atoms with Gasteiger partial charge in [-0.05, 0) is 18.1 Å². The van der Waals surface area contributed by atoms with E-state index in [2.05, 4.69) is 40.6 Å². The summed E-state index contributed by atoms with van der Waals surface area (Å²) in [5, 5.41) is 0. The first-order valence-corrected chi connectivity index (χ1v) is 10.4. The molecule has 154 valence electrons. The number of carbonyl (C=O) groups is 2. The van der Waals surface area contributed by atoms with E-state index in [0.717, 1.165) is 43.9 Å². The first-order valence-electron chi connectivity index (χ1n) is 10.4. The molecule has 2 aliphatic rings. The van der Waals surface area contributed by atoms with Gasteiger partial charge in [-0.1, -0.05) is 66.2 Å². The maximum Gasteiger partial charge on any atom is 0.278 e. The number of rotatable bonds is 6. The Kier molecular flexibility index (Phi) is 5.81. The highest BCUT2D eigenvalue weighted by Crippen LogP contribution is 2.32. The standard InChI is InChI=1S/C25H27N3O2/c1-3-13-28-24(29)22(21-11-9-19(2)10-12-21)23(25(28)30)27-16-14-26(15-17-27)18-20-7-5-4-6-8-20/h3-12H,1,13-18H2,2H3. The Labute approximate surface area is 177 Å². The van der Waals surface area contributed by atoms with Gasteiger partial charge in [-0.2, -0.15) is 0 Å². The van der Waals surface area contributed by atoms with Gasteiger partial charge in [0.2, 0.25) is 0 Å². The fourth-order valence-corrected chi connectivity index (χ4v) is 4.10. The van der Waals surface area contributed by atoms with E-state index < -0.39 is 0 Å². The van der Waals surface area contributed by atoms with Crippen LogP contribution in [0.15, 0.2) is 72.9 Å². The Balaban J connectivity index is 1.57. The molecule has 0 aliphatic carbocycles. The van der Waals surface area contributed by atoms with Crippen LogP contribution in [0.2, 0.25) is 0 Å². The van der Waals surface area contributed by atoms with Crippen molar-refractivity contribution in [2.24, 2.45) is 0 Å². The van der Waals surface area contributed by atoms with Crippen molar-refractivity contribution in [3.8, 4) is 0 Å². The number of imide groups is 1. The van der Waals surface area contributed by atoms with Gasteiger partial charge in [0.05, 0.1) is 5.57 Å². The van der Waals surface area contributed by atoms with Gasteiger partial charge < -0.3 is 4.90 Å². The summed E-state index contributed by atoms with van der Waals surface area (Å²) in [5.74, 6) is -0.447. The number of aryl methyl sites for hydroxylation is 1. The lowest BCUT2D eigenvalue weighted by atomic mass is 10.0. The zero-order valence-corrected chi connectivity index (χ0v) is 17.4. The molecule has 1 fully saturated rings. The molecule has 2 aromatic rings. The lowest BCUT2D eigenvalue weighted by Gasteiger charge is -2.36. The lowest BCUT2D eigenvalue weighted by Crippen LogP contribution is -2.47. The summed E-state index contributed by atoms with van der Waals surface area (Å²) in [4.78, 5) is 32.1. The predicted octanol–water partition coefficient (Wildman–Crippen LogP) is 3.08. The van der Waals surface area contributed by atoms with Gasteiger partial charge in [0.25, 0.3) is 11.8 Å². The minimum Gasteiger partial charge on any atom is -0.364 e. The van der Waals surface area contributed by atoms with Crippen molar-refractivity contribution in [3.63, 3.8) is 0 Å². The van der Waals surface area contributed by atoms with E-state index >= 15 is 0 Å². The number of hydrogen-bond donors (Lipinski definition) is 0. The third-order valence-electron chi connectivity index (χ3n) is 5.73. The summed E-state index contributed by atoms with van der Waals surface area (Å²) < 4.78 is 0. The average Bonchev–Trinajstić information content (AvgIpc) is 3.01. The Hall–Kier alpha value is -3.18. The summed E-state index contributed by atoms with van der Waals surface area (Å²) >= 11 is 0. The molecule has 1 saturated heterocycles. The molecule has 2 amide bonds. The van der Waals surface area contributed by atoms with Crippen molar-refractivity contribution in [2.45, 2.75) is 13.5 Å². The highest BCUT2D eigenvalue weighted by Gasteiger charge is 2.41. The maximum atomic E-state index is 13.2. The number of carbonyl (C=O) groups excluding carboxylic acids is 2. The largest absolute Gasteiger partial charge is 0.364 e. The summed E-state index contributed by atoms with van der Waals surface area (Å²) in [6.45, 7) is 9.98. The molecule has 0 saturated carbocycles. The molecule has 0 aromatic heterocycles. The summed E-state index contributed by atoms with van der Waals surface area (Å²) in [7, 11) is 0. The van der Waals surface area contributed by atoms with Crippen molar-refractivity contribution in [1.29, 1.82) is 0 Å². The van der Waals surface area contributed by atoms with Crippen molar-refractivity contribution in [1.82, 2.24) is 14.7 Å². The number of nitrogens with zero attached hydrogens (tertiary/aromatic N) is 3. The van der Waals surface area contributed by atoms with E-state index in [0.29, 0.717) is 11.3 Å². The highest BCUT2D eigenvalue weighted by molar-refractivity contribution is 6.35. The van der Waals surface area contributed by atoms with Gasteiger partial charge in [-0.3, -0.25) is 19.4 Å². The van der Waals surface area contributed by atoms with Crippen LogP contribution in [-0.2, 0) is 16.1 Å². The van der Waals surface area contributed by atoms with Crippen LogP contribution < -0.4 is 0 Å². The Morgan fingerprint density at radius 2 is 1.57 bits per heavy atom. The molecular formula is C25H27N3O2. The van der Waals surface area contributed by atoms with Crippen LogP contribution in [-0.4, -0.2) is 59.2 Å². The van der Waals surface area contributed by atoms with Crippen molar-refractivity contribution < 1.29 is 9.59 Å². The molecular weight excluding hydrogens is 374 g/mol. The van der Waals surface area contributed by atoms with Gasteiger partial charge in [0.15, 0.2) is 0 Å². The number of piperazine rings is 1. The third-order valence-corrected chi connectivity index (χ3v) is 5.73. The second-order valence-corrected chi connectivity index (χ2v) is 7.85. The lowest BCUT2D eigenvalue weighted by molar-refractivity contribution is -0.137. The van der Waals surface area contributed by atoms with Crippen molar-refractivity contribution in [2.75, 3.05) is 32.7 Å². The average molecular weight is 402 g/mol. The van der Waals surface area contributed by atoms with E-state index in [4.69, 9.17) is 0 Å². The Bertz CT molecular complexity index is 971. The quantitative estimate of drug-likeness (QED) is 0.551. The number of hydrogen-bond acceptors (Lipinski definition) is 4. The molecule has 2 aromatic carbocycles. The van der Waals surface area contributed by atoms with Gasteiger partial charge >= 0.3 is 0 Å². The molecule has 0 N–H and O–H groups in total. The predicted molar refractivity (Wildman–Crippen MR) is 118 cm³/mol. The van der Waals surface area contributed by atoms with Crippen LogP contribution in [0.4, 0.5) is 0 Å². The van der Waals surface area contributed by atoms with E-state index in [-0.39, 0.29) is 18.4 Å². The normalized spacial score (nSPS) is 17.8. The fraction of sp³-hybridized carbons (Fsp3) is 0.280. The first-order chi connectivity index (χ1) is 14.6. The highest BCUT2D eigenvalue weighted by atomic mass is 16.2. The number of amides is 2. The molecule has 0 atom stereocenters. The van der Waals surface area contributed by atoms with Crippen LogP contribution in [0.25, 0.3) is 5.57 Å². The van der Waals surface area contributed by atoms with Gasteiger partial charge in [-0.15, -0.1) is 6.58 Å². The van der Waals surface area contributed by atoms with Crippen LogP contribution in [0.5, 0.6) is 0 Å². The van der Waals surface area contributed by atoms with Gasteiger partial charge in [0, 0.05) is 39.3 Å². The molecule has 0 bridgehead atoms. The summed E-state index contributed by atoms with van der Waals surface area (Å²) in [5.41, 5.74) is 4.25. The van der Waals surface area contributed by atoms with Crippen LogP contribution in [0.1, 0.15) is 16.7 Å². The Morgan fingerprint density at radius 1 is 0.900 bits per heavy atom. The zero-order valence-electron chi connectivity index (χ0n) is 17.4. The second-order valence-electron chi connectivity index (χ2n) is 7.85. The summed E-state index contributed by atoms with van der Waals surface area (Å²) in [6.07, 6.45) is 1.60. The van der Waals surface area contributed by atoms with Gasteiger partial charge in [-0.25, -0.2) is 0 Å². The van der Waals surface area contributed by atoms with E-state index in [1.165, 1.54) is 10.5 Å². The van der Waals surface area contributed by atoms with Gasteiger partial charge in [0.1, 0.15) is 5.70 Å². The molecule has 0 spiro atoms. The molecule has 2 aliphatic heterocycles. The second kappa shape index (κ2) is 8.67. The topological polar surface area (TPSA) is 43.9 Å². The third kappa shape index (κ3) is 3.94. The number of benzene rings is 2. The zero-order chi connectivity index (χ0) is 21.1. The minimum atomic E-state index is -0.231. The smallest absolute Gasteiger partial charge is 0.278 e. The molecule has 0 radical (unpaired) electrons. The first kappa shape index (κ1) is 20.1. The SMILES string of the molecule is C=CCN1C(=O)C(c2ccc(C)cc2)=C(N2CCN(Cc3ccccc3)CC2)C1=O.